The maximum atomic E-state index is 13.0. The van der Waals surface area contributed by atoms with Crippen molar-refractivity contribution in [3.63, 3.8) is 0 Å². The number of phenolic OH excluding ortho intramolecular Hbond substituents is 1. The molecule has 0 aromatic heterocycles. The summed E-state index contributed by atoms with van der Waals surface area (Å²) in [5, 5.41) is 20.8. The number of aliphatic hydroxyl groups is 1. The zero-order valence-electron chi connectivity index (χ0n) is 18.6. The first kappa shape index (κ1) is 23.3. The quantitative estimate of drug-likeness (QED) is 0.348. The summed E-state index contributed by atoms with van der Waals surface area (Å²) in [6.45, 7) is 6.73. The molecule has 7 nitrogen and oxygen atoms in total. The number of ether oxygens (including phenoxy) is 2. The fourth-order valence-corrected chi connectivity index (χ4v) is 3.61. The van der Waals surface area contributed by atoms with E-state index in [9.17, 15) is 19.8 Å². The van der Waals surface area contributed by atoms with Crippen molar-refractivity contribution in [1.82, 2.24) is 4.90 Å². The highest BCUT2D eigenvalue weighted by molar-refractivity contribution is 6.46. The lowest BCUT2D eigenvalue weighted by atomic mass is 9.95. The molecular formula is C25H29NO6. The maximum Gasteiger partial charge on any atom is 0.295 e. The number of aromatic hydroxyl groups is 1. The number of ketones is 1. The number of benzene rings is 2. The van der Waals surface area contributed by atoms with Crippen LogP contribution in [0.25, 0.3) is 5.76 Å². The molecule has 1 amide bonds. The van der Waals surface area contributed by atoms with E-state index in [4.69, 9.17) is 9.47 Å². The fraction of sp³-hybridized carbons (Fsp3) is 0.360. The number of Topliss-reactive ketones (excluding diaryl/α,β-unsaturated/α-hetero) is 1. The lowest BCUT2D eigenvalue weighted by Crippen LogP contribution is -2.33. The molecule has 32 heavy (non-hydrogen) atoms. The number of hydrogen-bond donors (Lipinski definition) is 2. The maximum absolute atomic E-state index is 13.0. The lowest BCUT2D eigenvalue weighted by molar-refractivity contribution is -0.140. The summed E-state index contributed by atoms with van der Waals surface area (Å²) in [5.41, 5.74) is 0.989. The van der Waals surface area contributed by atoms with Crippen molar-refractivity contribution < 1.29 is 29.3 Å². The lowest BCUT2D eigenvalue weighted by Gasteiger charge is -2.25. The highest BCUT2D eigenvalue weighted by atomic mass is 16.5. The van der Waals surface area contributed by atoms with Crippen molar-refractivity contribution in [2.75, 3.05) is 19.8 Å². The molecule has 1 unspecified atom stereocenters. The number of nitrogens with zero attached hydrogens (tertiary/aromatic N) is 1. The number of likely N-dealkylation sites (tertiary alicyclic amines) is 1. The molecule has 3 rings (SSSR count). The number of carbonyl (C=O) groups is 2. The smallest absolute Gasteiger partial charge is 0.295 e. The Balaban J connectivity index is 2.05. The van der Waals surface area contributed by atoms with Crippen molar-refractivity contribution in [2.24, 2.45) is 0 Å². The van der Waals surface area contributed by atoms with Crippen LogP contribution in [0.3, 0.4) is 0 Å². The Hall–Kier alpha value is -3.32. The molecule has 0 aliphatic carbocycles. The topological polar surface area (TPSA) is 96.3 Å². The second-order valence-corrected chi connectivity index (χ2v) is 7.88. The molecule has 1 aliphatic rings. The molecule has 1 atom stereocenters. The van der Waals surface area contributed by atoms with Gasteiger partial charge in [-0.2, -0.15) is 0 Å². The van der Waals surface area contributed by atoms with Gasteiger partial charge in [-0.3, -0.25) is 9.59 Å². The van der Waals surface area contributed by atoms with Gasteiger partial charge >= 0.3 is 0 Å². The number of rotatable bonds is 9. The van der Waals surface area contributed by atoms with Crippen molar-refractivity contribution in [1.29, 1.82) is 0 Å². The number of aliphatic hydroxyl groups excluding tert-OH is 1. The molecule has 0 spiro atoms. The molecule has 7 heteroatoms. The highest BCUT2D eigenvalue weighted by Crippen LogP contribution is 2.40. The van der Waals surface area contributed by atoms with Gasteiger partial charge < -0.3 is 24.6 Å². The van der Waals surface area contributed by atoms with Gasteiger partial charge in [0, 0.05) is 12.1 Å². The molecule has 0 saturated carbocycles. The fourth-order valence-electron chi connectivity index (χ4n) is 3.61. The predicted molar refractivity (Wildman–Crippen MR) is 120 cm³/mol. The first-order valence-corrected chi connectivity index (χ1v) is 10.8. The number of amides is 1. The van der Waals surface area contributed by atoms with Gasteiger partial charge in [0.2, 0.25) is 0 Å². The van der Waals surface area contributed by atoms with E-state index in [2.05, 4.69) is 0 Å². The first-order chi connectivity index (χ1) is 15.3. The average Bonchev–Trinajstić information content (AvgIpc) is 3.02. The minimum absolute atomic E-state index is 0.00196. The van der Waals surface area contributed by atoms with E-state index in [1.807, 2.05) is 20.8 Å². The summed E-state index contributed by atoms with van der Waals surface area (Å²) >= 11 is 0. The van der Waals surface area contributed by atoms with Crippen LogP contribution in [0.5, 0.6) is 11.5 Å². The number of phenols is 1. The van der Waals surface area contributed by atoms with Crippen LogP contribution in [0.15, 0.2) is 54.1 Å². The van der Waals surface area contributed by atoms with Crippen LogP contribution >= 0.6 is 0 Å². The SMILES string of the molecule is CCCOc1cccc(/C(O)=C2/C(=O)C(=O)N(CCOC(C)C)C2c2ccc(O)cc2)c1. The second kappa shape index (κ2) is 10.3. The van der Waals surface area contributed by atoms with Crippen molar-refractivity contribution >= 4 is 17.4 Å². The van der Waals surface area contributed by atoms with Crippen LogP contribution in [0.4, 0.5) is 0 Å². The zero-order valence-corrected chi connectivity index (χ0v) is 18.6. The normalized spacial score (nSPS) is 17.9. The predicted octanol–water partition coefficient (Wildman–Crippen LogP) is 4.03. The van der Waals surface area contributed by atoms with Crippen LogP contribution in [-0.2, 0) is 14.3 Å². The van der Waals surface area contributed by atoms with Gasteiger partial charge in [0.15, 0.2) is 0 Å². The Kier molecular flexibility index (Phi) is 7.53. The summed E-state index contributed by atoms with van der Waals surface area (Å²) < 4.78 is 11.2. The van der Waals surface area contributed by atoms with E-state index in [0.29, 0.717) is 23.5 Å². The Morgan fingerprint density at radius 3 is 2.47 bits per heavy atom. The summed E-state index contributed by atoms with van der Waals surface area (Å²) in [6.07, 6.45) is 0.811. The Morgan fingerprint density at radius 1 is 1.09 bits per heavy atom. The minimum Gasteiger partial charge on any atom is -0.508 e. The van der Waals surface area contributed by atoms with Crippen LogP contribution in [-0.4, -0.2) is 52.7 Å². The molecule has 1 saturated heterocycles. The molecule has 0 radical (unpaired) electrons. The van der Waals surface area contributed by atoms with Crippen LogP contribution in [0, 0.1) is 0 Å². The Morgan fingerprint density at radius 2 is 1.81 bits per heavy atom. The van der Waals surface area contributed by atoms with Gasteiger partial charge in [0.1, 0.15) is 17.3 Å². The van der Waals surface area contributed by atoms with Gasteiger partial charge in [0.25, 0.3) is 11.7 Å². The van der Waals surface area contributed by atoms with E-state index in [1.165, 1.54) is 17.0 Å². The summed E-state index contributed by atoms with van der Waals surface area (Å²) in [5.74, 6) is -1.10. The highest BCUT2D eigenvalue weighted by Gasteiger charge is 2.45. The molecule has 1 fully saturated rings. The van der Waals surface area contributed by atoms with Crippen molar-refractivity contribution in [3.8, 4) is 11.5 Å². The molecule has 0 bridgehead atoms. The van der Waals surface area contributed by atoms with Gasteiger partial charge in [-0.15, -0.1) is 0 Å². The standard InChI is InChI=1S/C25H29NO6/c1-4-13-32-20-7-5-6-18(15-20)23(28)21-22(17-8-10-19(27)11-9-17)26(25(30)24(21)29)12-14-31-16(2)3/h5-11,15-16,22,27-28H,4,12-14H2,1-3H3/b23-21-. The van der Waals surface area contributed by atoms with E-state index in [1.54, 1.807) is 36.4 Å². The Bertz CT molecular complexity index is 996. The zero-order chi connectivity index (χ0) is 23.3. The molecule has 1 heterocycles. The second-order valence-electron chi connectivity index (χ2n) is 7.88. The summed E-state index contributed by atoms with van der Waals surface area (Å²) in [7, 11) is 0. The van der Waals surface area contributed by atoms with Crippen LogP contribution < -0.4 is 4.74 Å². The van der Waals surface area contributed by atoms with Crippen molar-refractivity contribution in [3.05, 3.63) is 65.2 Å². The molecular weight excluding hydrogens is 410 g/mol. The van der Waals surface area contributed by atoms with Crippen molar-refractivity contribution in [2.45, 2.75) is 39.3 Å². The van der Waals surface area contributed by atoms with Gasteiger partial charge in [-0.1, -0.05) is 31.2 Å². The van der Waals surface area contributed by atoms with E-state index in [0.717, 1.165) is 6.42 Å². The molecule has 170 valence electrons. The average molecular weight is 440 g/mol. The van der Waals surface area contributed by atoms with E-state index < -0.39 is 17.7 Å². The van der Waals surface area contributed by atoms with Gasteiger partial charge in [0.05, 0.1) is 30.9 Å². The minimum atomic E-state index is -0.799. The molecule has 2 aromatic carbocycles. The monoisotopic (exact) mass is 439 g/mol. The summed E-state index contributed by atoms with van der Waals surface area (Å²) in [4.78, 5) is 27.3. The number of carbonyl (C=O) groups excluding carboxylic acids is 2. The van der Waals surface area contributed by atoms with Crippen LogP contribution in [0.1, 0.15) is 44.4 Å². The Labute approximate surface area is 187 Å². The molecule has 2 N–H and O–H groups in total. The third-order valence-corrected chi connectivity index (χ3v) is 5.11. The largest absolute Gasteiger partial charge is 0.508 e. The summed E-state index contributed by atoms with van der Waals surface area (Å²) in [6, 6.07) is 12.2. The first-order valence-electron chi connectivity index (χ1n) is 10.8. The third-order valence-electron chi connectivity index (χ3n) is 5.11. The van der Waals surface area contributed by atoms with E-state index >= 15 is 0 Å². The van der Waals surface area contributed by atoms with Crippen LogP contribution in [0.2, 0.25) is 0 Å². The molecule has 1 aliphatic heterocycles. The van der Waals surface area contributed by atoms with E-state index in [-0.39, 0.29) is 36.3 Å². The molecule has 2 aromatic rings. The number of hydrogen-bond acceptors (Lipinski definition) is 6. The van der Waals surface area contributed by atoms with Gasteiger partial charge in [-0.25, -0.2) is 0 Å². The third kappa shape index (κ3) is 5.11. The van der Waals surface area contributed by atoms with Gasteiger partial charge in [-0.05, 0) is 50.1 Å².